The monoisotopic (exact) mass is 259 g/mol. The van der Waals surface area contributed by atoms with E-state index >= 15 is 0 Å². The zero-order valence-electron chi connectivity index (χ0n) is 11.5. The quantitative estimate of drug-likeness (QED) is 0.832. The Morgan fingerprint density at radius 3 is 2.63 bits per heavy atom. The SMILES string of the molecule is CC(CCc1ccco1)NC(C)c1ccccc1O. The van der Waals surface area contributed by atoms with Crippen LogP contribution in [-0.2, 0) is 6.42 Å². The maximum atomic E-state index is 9.82. The highest BCUT2D eigenvalue weighted by Crippen LogP contribution is 2.23. The number of phenols is 1. The Bertz CT molecular complexity index is 493. The molecule has 0 aliphatic heterocycles. The summed E-state index contributed by atoms with van der Waals surface area (Å²) in [5.41, 5.74) is 0.937. The highest BCUT2D eigenvalue weighted by atomic mass is 16.3. The lowest BCUT2D eigenvalue weighted by molar-refractivity contribution is 0.413. The number of phenolic OH excluding ortho intramolecular Hbond substituents is 1. The third-order valence-electron chi connectivity index (χ3n) is 3.34. The molecule has 102 valence electrons. The zero-order chi connectivity index (χ0) is 13.7. The minimum absolute atomic E-state index is 0.132. The van der Waals surface area contributed by atoms with Crippen molar-refractivity contribution >= 4 is 0 Å². The van der Waals surface area contributed by atoms with Crippen molar-refractivity contribution in [1.29, 1.82) is 0 Å². The Morgan fingerprint density at radius 2 is 1.95 bits per heavy atom. The number of benzene rings is 1. The second-order valence-corrected chi connectivity index (χ2v) is 4.97. The van der Waals surface area contributed by atoms with E-state index in [0.717, 1.165) is 24.2 Å². The largest absolute Gasteiger partial charge is 0.508 e. The van der Waals surface area contributed by atoms with Crippen molar-refractivity contribution < 1.29 is 9.52 Å². The van der Waals surface area contributed by atoms with Gasteiger partial charge in [0.05, 0.1) is 6.26 Å². The Hall–Kier alpha value is -1.74. The standard InChI is InChI=1S/C16H21NO2/c1-12(9-10-14-6-5-11-19-14)17-13(2)15-7-3-4-8-16(15)18/h3-8,11-13,17-18H,9-10H2,1-2H3. The number of aryl methyl sites for hydroxylation is 1. The van der Waals surface area contributed by atoms with Crippen molar-refractivity contribution in [2.24, 2.45) is 0 Å². The van der Waals surface area contributed by atoms with E-state index in [0.29, 0.717) is 11.8 Å². The van der Waals surface area contributed by atoms with Gasteiger partial charge in [-0.15, -0.1) is 0 Å². The van der Waals surface area contributed by atoms with E-state index in [1.165, 1.54) is 0 Å². The summed E-state index contributed by atoms with van der Waals surface area (Å²) in [5.74, 6) is 1.37. The third-order valence-corrected chi connectivity index (χ3v) is 3.34. The molecule has 0 amide bonds. The van der Waals surface area contributed by atoms with Crippen molar-refractivity contribution in [2.45, 2.75) is 38.8 Å². The predicted molar refractivity (Wildman–Crippen MR) is 76.1 cm³/mol. The van der Waals surface area contributed by atoms with E-state index in [2.05, 4.69) is 19.2 Å². The topological polar surface area (TPSA) is 45.4 Å². The first-order chi connectivity index (χ1) is 9.16. The maximum absolute atomic E-state index is 9.82. The first kappa shape index (κ1) is 13.7. The fourth-order valence-electron chi connectivity index (χ4n) is 2.27. The molecular weight excluding hydrogens is 238 g/mol. The van der Waals surface area contributed by atoms with E-state index in [4.69, 9.17) is 4.42 Å². The molecule has 0 aliphatic carbocycles. The van der Waals surface area contributed by atoms with Gasteiger partial charge in [0.15, 0.2) is 0 Å². The number of para-hydroxylation sites is 1. The molecule has 0 radical (unpaired) electrons. The highest BCUT2D eigenvalue weighted by molar-refractivity contribution is 5.34. The molecule has 2 aromatic rings. The van der Waals surface area contributed by atoms with Crippen LogP contribution >= 0.6 is 0 Å². The molecule has 2 rings (SSSR count). The molecule has 3 heteroatoms. The maximum Gasteiger partial charge on any atom is 0.120 e. The Morgan fingerprint density at radius 1 is 1.16 bits per heavy atom. The molecule has 0 saturated carbocycles. The number of hydrogen-bond acceptors (Lipinski definition) is 3. The lowest BCUT2D eigenvalue weighted by Gasteiger charge is -2.20. The van der Waals surface area contributed by atoms with Crippen LogP contribution in [0.4, 0.5) is 0 Å². The molecule has 19 heavy (non-hydrogen) atoms. The van der Waals surface area contributed by atoms with Crippen LogP contribution in [0, 0.1) is 0 Å². The van der Waals surface area contributed by atoms with Crippen LogP contribution < -0.4 is 5.32 Å². The van der Waals surface area contributed by atoms with Crippen LogP contribution in [0.15, 0.2) is 47.1 Å². The first-order valence-corrected chi connectivity index (χ1v) is 6.73. The van der Waals surface area contributed by atoms with Gasteiger partial charge in [-0.2, -0.15) is 0 Å². The van der Waals surface area contributed by atoms with E-state index < -0.39 is 0 Å². The molecule has 0 saturated heterocycles. The van der Waals surface area contributed by atoms with Crippen molar-refractivity contribution in [3.8, 4) is 5.75 Å². The number of furan rings is 1. The van der Waals surface area contributed by atoms with Crippen LogP contribution in [-0.4, -0.2) is 11.1 Å². The van der Waals surface area contributed by atoms with Crippen molar-refractivity contribution in [1.82, 2.24) is 5.32 Å². The van der Waals surface area contributed by atoms with Crippen molar-refractivity contribution in [3.63, 3.8) is 0 Å². The molecule has 0 aliphatic rings. The van der Waals surface area contributed by atoms with E-state index in [1.54, 1.807) is 12.3 Å². The lowest BCUT2D eigenvalue weighted by atomic mass is 10.0. The minimum Gasteiger partial charge on any atom is -0.508 e. The van der Waals surface area contributed by atoms with Gasteiger partial charge in [-0.1, -0.05) is 18.2 Å². The van der Waals surface area contributed by atoms with Gasteiger partial charge in [0.1, 0.15) is 11.5 Å². The molecule has 0 bridgehead atoms. The van der Waals surface area contributed by atoms with Crippen molar-refractivity contribution in [3.05, 3.63) is 54.0 Å². The highest BCUT2D eigenvalue weighted by Gasteiger charge is 2.12. The van der Waals surface area contributed by atoms with Gasteiger partial charge in [0.25, 0.3) is 0 Å². The van der Waals surface area contributed by atoms with Crippen LogP contribution in [0.2, 0.25) is 0 Å². The summed E-state index contributed by atoms with van der Waals surface area (Å²) in [7, 11) is 0. The summed E-state index contributed by atoms with van der Waals surface area (Å²) < 4.78 is 5.32. The average molecular weight is 259 g/mol. The van der Waals surface area contributed by atoms with Gasteiger partial charge in [0.2, 0.25) is 0 Å². The Labute approximate surface area is 114 Å². The van der Waals surface area contributed by atoms with E-state index in [-0.39, 0.29) is 6.04 Å². The molecule has 1 aromatic heterocycles. The second kappa shape index (κ2) is 6.43. The number of nitrogens with one attached hydrogen (secondary N) is 1. The summed E-state index contributed by atoms with van der Waals surface area (Å²) in [6.45, 7) is 4.22. The van der Waals surface area contributed by atoms with Gasteiger partial charge in [-0.25, -0.2) is 0 Å². The number of hydrogen-bond donors (Lipinski definition) is 2. The summed E-state index contributed by atoms with van der Waals surface area (Å²) in [4.78, 5) is 0. The second-order valence-electron chi connectivity index (χ2n) is 4.97. The smallest absolute Gasteiger partial charge is 0.120 e. The third kappa shape index (κ3) is 3.86. The first-order valence-electron chi connectivity index (χ1n) is 6.73. The summed E-state index contributed by atoms with van der Waals surface area (Å²) in [6, 6.07) is 11.9. The fourth-order valence-corrected chi connectivity index (χ4v) is 2.27. The molecule has 0 fully saturated rings. The zero-order valence-corrected chi connectivity index (χ0v) is 11.5. The Kier molecular flexibility index (Phi) is 4.63. The van der Waals surface area contributed by atoms with E-state index in [1.807, 2.05) is 30.3 Å². The van der Waals surface area contributed by atoms with Gasteiger partial charge in [0, 0.05) is 24.1 Å². The van der Waals surface area contributed by atoms with Crippen molar-refractivity contribution in [2.75, 3.05) is 0 Å². The fraction of sp³-hybridized carbons (Fsp3) is 0.375. The summed E-state index contributed by atoms with van der Waals surface area (Å²) >= 11 is 0. The molecule has 1 aromatic carbocycles. The molecular formula is C16H21NO2. The van der Waals surface area contributed by atoms with Crippen LogP contribution in [0.1, 0.15) is 37.6 Å². The van der Waals surface area contributed by atoms with Crippen LogP contribution in [0.3, 0.4) is 0 Å². The van der Waals surface area contributed by atoms with E-state index in [9.17, 15) is 5.11 Å². The molecule has 0 spiro atoms. The molecule has 3 nitrogen and oxygen atoms in total. The van der Waals surface area contributed by atoms with Gasteiger partial charge in [-0.05, 0) is 38.5 Å². The lowest BCUT2D eigenvalue weighted by Crippen LogP contribution is -2.29. The molecule has 2 unspecified atom stereocenters. The molecule has 1 heterocycles. The predicted octanol–water partition coefficient (Wildman–Crippen LogP) is 3.66. The average Bonchev–Trinajstić information content (AvgIpc) is 2.90. The van der Waals surface area contributed by atoms with Crippen LogP contribution in [0.5, 0.6) is 5.75 Å². The molecule has 2 N–H and O–H groups in total. The minimum atomic E-state index is 0.132. The molecule has 2 atom stereocenters. The number of rotatable bonds is 6. The summed E-state index contributed by atoms with van der Waals surface area (Å²) in [5, 5.41) is 13.3. The Balaban J connectivity index is 1.85. The van der Waals surface area contributed by atoms with Gasteiger partial charge >= 0.3 is 0 Å². The summed E-state index contributed by atoms with van der Waals surface area (Å²) in [6.07, 6.45) is 3.64. The normalized spacial score (nSPS) is 14.2. The van der Waals surface area contributed by atoms with Gasteiger partial charge < -0.3 is 14.8 Å². The van der Waals surface area contributed by atoms with Gasteiger partial charge in [-0.3, -0.25) is 0 Å². The number of aromatic hydroxyl groups is 1. The van der Waals surface area contributed by atoms with Crippen LogP contribution in [0.25, 0.3) is 0 Å².